The summed E-state index contributed by atoms with van der Waals surface area (Å²) in [5.41, 5.74) is 0. The van der Waals surface area contributed by atoms with Gasteiger partial charge in [-0.15, -0.1) is 0 Å². The Morgan fingerprint density at radius 2 is 1.29 bits per heavy atom. The molecule has 0 N–H and O–H groups in total. The second-order valence-corrected chi connectivity index (χ2v) is 8.22. The third-order valence-electron chi connectivity index (χ3n) is 5.71. The maximum Gasteiger partial charge on any atom is -0.0406 e. The molecule has 2 atom stereocenters. The summed E-state index contributed by atoms with van der Waals surface area (Å²) >= 11 is 0. The van der Waals surface area contributed by atoms with Gasteiger partial charge in [0.15, 0.2) is 0 Å². The third kappa shape index (κ3) is 8.89. The second kappa shape index (κ2) is 11.6. The molecule has 1 fully saturated rings. The van der Waals surface area contributed by atoms with Crippen LogP contribution < -0.4 is 0 Å². The maximum absolute atomic E-state index is 2.50. The minimum atomic E-state index is 0.966. The van der Waals surface area contributed by atoms with Crippen LogP contribution in [0, 0.1) is 23.7 Å². The average Bonchev–Trinajstić information content (AvgIpc) is 2.42. The summed E-state index contributed by atoms with van der Waals surface area (Å²) < 4.78 is 0. The second-order valence-electron chi connectivity index (χ2n) is 8.22. The van der Waals surface area contributed by atoms with E-state index in [1.165, 1.54) is 70.6 Å². The highest BCUT2D eigenvalue weighted by atomic mass is 14.3. The van der Waals surface area contributed by atoms with Crippen LogP contribution in [0.2, 0.25) is 0 Å². The van der Waals surface area contributed by atoms with Crippen molar-refractivity contribution in [1.29, 1.82) is 0 Å². The summed E-state index contributed by atoms with van der Waals surface area (Å²) in [6.07, 6.45) is 19.1. The van der Waals surface area contributed by atoms with Gasteiger partial charge < -0.3 is 0 Å². The Morgan fingerprint density at radius 1 is 0.714 bits per heavy atom. The molecule has 0 aliphatic heterocycles. The summed E-state index contributed by atoms with van der Waals surface area (Å²) in [5, 5.41) is 0. The molecule has 0 nitrogen and oxygen atoms in total. The van der Waals surface area contributed by atoms with Gasteiger partial charge in [-0.1, -0.05) is 91.9 Å². The van der Waals surface area contributed by atoms with E-state index in [1.54, 1.807) is 12.8 Å². The predicted molar refractivity (Wildman–Crippen MR) is 96.7 cm³/mol. The Hall–Kier alpha value is 0. The summed E-state index contributed by atoms with van der Waals surface area (Å²) in [6, 6.07) is 0. The topological polar surface area (TPSA) is 0 Å². The first-order valence-corrected chi connectivity index (χ1v) is 10.2. The third-order valence-corrected chi connectivity index (χ3v) is 5.71. The smallest absolute Gasteiger partial charge is 0.0406 e. The van der Waals surface area contributed by atoms with Crippen molar-refractivity contribution in [3.63, 3.8) is 0 Å². The zero-order valence-electron chi connectivity index (χ0n) is 15.5. The van der Waals surface area contributed by atoms with Crippen LogP contribution in [-0.4, -0.2) is 0 Å². The average molecular weight is 295 g/mol. The van der Waals surface area contributed by atoms with Gasteiger partial charge in [-0.3, -0.25) is 0 Å². The maximum atomic E-state index is 2.50. The Kier molecular flexibility index (Phi) is 10.5. The van der Waals surface area contributed by atoms with Crippen LogP contribution in [0.15, 0.2) is 0 Å². The lowest BCUT2D eigenvalue weighted by Crippen LogP contribution is -2.25. The summed E-state index contributed by atoms with van der Waals surface area (Å²) in [6.45, 7) is 9.59. The summed E-state index contributed by atoms with van der Waals surface area (Å²) in [5.74, 6) is 4.13. The van der Waals surface area contributed by atoms with Crippen LogP contribution in [-0.2, 0) is 0 Å². The molecule has 0 radical (unpaired) electrons. The molecule has 126 valence electrons. The number of hydrogen-bond donors (Lipinski definition) is 0. The van der Waals surface area contributed by atoms with Crippen LogP contribution in [0.25, 0.3) is 0 Å². The first-order valence-electron chi connectivity index (χ1n) is 10.2. The van der Waals surface area contributed by atoms with Gasteiger partial charge in [0.25, 0.3) is 0 Å². The van der Waals surface area contributed by atoms with Crippen LogP contribution in [0.3, 0.4) is 0 Å². The Bertz CT molecular complexity index is 226. The minimum absolute atomic E-state index is 0.966. The van der Waals surface area contributed by atoms with Crippen molar-refractivity contribution >= 4 is 0 Å². The van der Waals surface area contributed by atoms with E-state index in [0.29, 0.717) is 0 Å². The quantitative estimate of drug-likeness (QED) is 0.306. The molecule has 0 spiro atoms. The molecule has 0 aromatic carbocycles. The lowest BCUT2D eigenvalue weighted by molar-refractivity contribution is 0.149. The van der Waals surface area contributed by atoms with Crippen molar-refractivity contribution in [2.24, 2.45) is 23.7 Å². The first-order chi connectivity index (χ1) is 10.2. The van der Waals surface area contributed by atoms with E-state index >= 15 is 0 Å². The SMILES string of the molecule is CCCCCC(C)CCCCC(C)CC1CC(CCC)C1. The molecule has 1 rings (SSSR count). The molecular formula is C21H42. The Labute approximate surface area is 135 Å². The van der Waals surface area contributed by atoms with E-state index in [-0.39, 0.29) is 0 Å². The van der Waals surface area contributed by atoms with Crippen molar-refractivity contribution in [2.75, 3.05) is 0 Å². The van der Waals surface area contributed by atoms with Crippen molar-refractivity contribution in [3.05, 3.63) is 0 Å². The van der Waals surface area contributed by atoms with Gasteiger partial charge in [0.2, 0.25) is 0 Å². The zero-order valence-corrected chi connectivity index (χ0v) is 15.5. The largest absolute Gasteiger partial charge is 0.0654 e. The Balaban J connectivity index is 1.91. The molecule has 1 aliphatic rings. The molecule has 0 amide bonds. The monoisotopic (exact) mass is 294 g/mol. The molecule has 0 saturated heterocycles. The lowest BCUT2D eigenvalue weighted by atomic mass is 9.69. The number of unbranched alkanes of at least 4 members (excludes halogenated alkanes) is 3. The van der Waals surface area contributed by atoms with E-state index in [2.05, 4.69) is 27.7 Å². The fourth-order valence-corrected chi connectivity index (χ4v) is 4.27. The Morgan fingerprint density at radius 3 is 1.86 bits per heavy atom. The van der Waals surface area contributed by atoms with Crippen LogP contribution >= 0.6 is 0 Å². The standard InChI is InChI=1S/C21H42/c1-5-7-8-12-18(3)13-9-10-14-19(4)15-21-16-20(17-21)11-6-2/h18-21H,5-17H2,1-4H3. The molecule has 0 aromatic heterocycles. The molecule has 2 unspecified atom stereocenters. The van der Waals surface area contributed by atoms with Gasteiger partial charge in [0.05, 0.1) is 0 Å². The highest BCUT2D eigenvalue weighted by Crippen LogP contribution is 2.41. The van der Waals surface area contributed by atoms with E-state index in [9.17, 15) is 0 Å². The first kappa shape index (κ1) is 19.0. The van der Waals surface area contributed by atoms with E-state index in [1.807, 2.05) is 0 Å². The highest BCUT2D eigenvalue weighted by Gasteiger charge is 2.28. The fourth-order valence-electron chi connectivity index (χ4n) is 4.27. The number of hydrogen-bond acceptors (Lipinski definition) is 0. The van der Waals surface area contributed by atoms with Crippen LogP contribution in [0.5, 0.6) is 0 Å². The summed E-state index contributed by atoms with van der Waals surface area (Å²) in [7, 11) is 0. The van der Waals surface area contributed by atoms with Crippen molar-refractivity contribution < 1.29 is 0 Å². The number of rotatable bonds is 13. The molecule has 0 heterocycles. The van der Waals surface area contributed by atoms with Gasteiger partial charge in [0, 0.05) is 0 Å². The molecular weight excluding hydrogens is 252 g/mol. The van der Waals surface area contributed by atoms with Gasteiger partial charge in [-0.05, 0) is 42.9 Å². The van der Waals surface area contributed by atoms with Crippen molar-refractivity contribution in [3.8, 4) is 0 Å². The lowest BCUT2D eigenvalue weighted by Gasteiger charge is -2.37. The van der Waals surface area contributed by atoms with Crippen molar-refractivity contribution in [2.45, 2.75) is 111 Å². The van der Waals surface area contributed by atoms with Crippen LogP contribution in [0.1, 0.15) is 111 Å². The van der Waals surface area contributed by atoms with Gasteiger partial charge >= 0.3 is 0 Å². The molecule has 1 aliphatic carbocycles. The fraction of sp³-hybridized carbons (Fsp3) is 1.00. The normalized spacial score (nSPS) is 24.6. The highest BCUT2D eigenvalue weighted by molar-refractivity contribution is 4.80. The molecule has 0 heteroatoms. The van der Waals surface area contributed by atoms with Gasteiger partial charge in [-0.25, -0.2) is 0 Å². The molecule has 0 bridgehead atoms. The molecule has 0 aromatic rings. The van der Waals surface area contributed by atoms with E-state index in [0.717, 1.165) is 23.7 Å². The summed E-state index contributed by atoms with van der Waals surface area (Å²) in [4.78, 5) is 0. The van der Waals surface area contributed by atoms with Crippen molar-refractivity contribution in [1.82, 2.24) is 0 Å². The van der Waals surface area contributed by atoms with E-state index in [4.69, 9.17) is 0 Å². The van der Waals surface area contributed by atoms with Crippen LogP contribution in [0.4, 0.5) is 0 Å². The van der Waals surface area contributed by atoms with Gasteiger partial charge in [-0.2, -0.15) is 0 Å². The van der Waals surface area contributed by atoms with Gasteiger partial charge in [0.1, 0.15) is 0 Å². The minimum Gasteiger partial charge on any atom is -0.0654 e. The van der Waals surface area contributed by atoms with E-state index < -0.39 is 0 Å². The molecule has 21 heavy (non-hydrogen) atoms. The zero-order chi connectivity index (χ0) is 15.5. The molecule has 1 saturated carbocycles. The predicted octanol–water partition coefficient (Wildman–Crippen LogP) is 7.62.